The number of nitrogens with zero attached hydrogens (tertiary/aromatic N) is 2. The van der Waals surface area contributed by atoms with Gasteiger partial charge < -0.3 is 10.3 Å². The van der Waals surface area contributed by atoms with E-state index in [-0.39, 0.29) is 0 Å². The van der Waals surface area contributed by atoms with Gasteiger partial charge in [0.05, 0.1) is 17.7 Å². The topological polar surface area (TPSA) is 44.0 Å². The van der Waals surface area contributed by atoms with Crippen molar-refractivity contribution in [1.82, 2.24) is 20.2 Å². The predicted molar refractivity (Wildman–Crippen MR) is 70.2 cm³/mol. The molecule has 4 rings (SSSR count). The lowest BCUT2D eigenvalue weighted by Crippen LogP contribution is -2.46. The van der Waals surface area contributed by atoms with E-state index < -0.39 is 0 Å². The first-order valence-electron chi connectivity index (χ1n) is 7.37. The molecule has 2 fully saturated rings. The van der Waals surface area contributed by atoms with Crippen LogP contribution < -0.4 is 5.32 Å². The number of aromatic amines is 1. The van der Waals surface area contributed by atoms with E-state index in [9.17, 15) is 0 Å². The second-order valence-corrected chi connectivity index (χ2v) is 6.24. The SMILES string of the molecule is c1nc2c([nH]1)CNC(CN(CC1CC1)C1CC1)C2. The van der Waals surface area contributed by atoms with Crippen LogP contribution in [0.15, 0.2) is 6.33 Å². The fourth-order valence-corrected chi connectivity index (χ4v) is 3.09. The summed E-state index contributed by atoms with van der Waals surface area (Å²) in [6.07, 6.45) is 8.69. The molecule has 0 aromatic carbocycles. The average Bonchev–Trinajstić information content (AvgIpc) is 3.27. The molecular formula is C14H22N4. The fourth-order valence-electron chi connectivity index (χ4n) is 3.09. The van der Waals surface area contributed by atoms with E-state index in [0.29, 0.717) is 6.04 Å². The lowest BCUT2D eigenvalue weighted by Gasteiger charge is -2.30. The second-order valence-electron chi connectivity index (χ2n) is 6.24. The van der Waals surface area contributed by atoms with Gasteiger partial charge in [-0.1, -0.05) is 0 Å². The van der Waals surface area contributed by atoms with Crippen LogP contribution in [0.4, 0.5) is 0 Å². The van der Waals surface area contributed by atoms with Gasteiger partial charge in [0.2, 0.25) is 0 Å². The van der Waals surface area contributed by atoms with Gasteiger partial charge in [-0.2, -0.15) is 0 Å². The maximum atomic E-state index is 4.43. The summed E-state index contributed by atoms with van der Waals surface area (Å²) in [5, 5.41) is 3.66. The zero-order chi connectivity index (χ0) is 11.9. The number of imidazole rings is 1. The van der Waals surface area contributed by atoms with E-state index >= 15 is 0 Å². The quantitative estimate of drug-likeness (QED) is 0.823. The molecule has 1 unspecified atom stereocenters. The molecule has 18 heavy (non-hydrogen) atoms. The maximum absolute atomic E-state index is 4.43. The Labute approximate surface area is 108 Å². The van der Waals surface area contributed by atoms with Crippen molar-refractivity contribution in [3.8, 4) is 0 Å². The molecule has 2 N–H and O–H groups in total. The van der Waals surface area contributed by atoms with Crippen molar-refractivity contribution in [2.24, 2.45) is 5.92 Å². The number of aromatic nitrogens is 2. The van der Waals surface area contributed by atoms with Crippen LogP contribution in [0.1, 0.15) is 37.1 Å². The predicted octanol–water partition coefficient (Wildman–Crippen LogP) is 1.30. The maximum Gasteiger partial charge on any atom is 0.0925 e. The summed E-state index contributed by atoms with van der Waals surface area (Å²) in [6.45, 7) is 3.52. The summed E-state index contributed by atoms with van der Waals surface area (Å²) < 4.78 is 0. The second kappa shape index (κ2) is 4.35. The van der Waals surface area contributed by atoms with Crippen LogP contribution in [0, 0.1) is 5.92 Å². The first-order valence-corrected chi connectivity index (χ1v) is 7.37. The highest BCUT2D eigenvalue weighted by Gasteiger charge is 2.35. The Bertz CT molecular complexity index is 419. The molecule has 2 saturated carbocycles. The Balaban J connectivity index is 1.38. The van der Waals surface area contributed by atoms with Gasteiger partial charge >= 0.3 is 0 Å². The summed E-state index contributed by atoms with van der Waals surface area (Å²) in [6, 6.07) is 1.49. The van der Waals surface area contributed by atoms with Gasteiger partial charge in [-0.25, -0.2) is 4.98 Å². The lowest BCUT2D eigenvalue weighted by atomic mass is 10.0. The van der Waals surface area contributed by atoms with Crippen LogP contribution >= 0.6 is 0 Å². The molecule has 2 heterocycles. The standard InChI is InChI=1S/C14H22N4/c1-2-10(1)7-18(12-3-4-12)8-11-5-13-14(6-15-11)17-9-16-13/h9-12,15H,1-8H2,(H,16,17). The van der Waals surface area contributed by atoms with Gasteiger partial charge in [0.15, 0.2) is 0 Å². The number of nitrogens with one attached hydrogen (secondary N) is 2. The van der Waals surface area contributed by atoms with Crippen LogP contribution in [0.3, 0.4) is 0 Å². The van der Waals surface area contributed by atoms with Crippen molar-refractivity contribution < 1.29 is 0 Å². The zero-order valence-corrected chi connectivity index (χ0v) is 10.9. The molecule has 1 aliphatic heterocycles. The van der Waals surface area contributed by atoms with E-state index in [0.717, 1.165) is 24.9 Å². The number of H-pyrrole nitrogens is 1. The largest absolute Gasteiger partial charge is 0.347 e. The minimum absolute atomic E-state index is 0.597. The Kier molecular flexibility index (Phi) is 2.66. The van der Waals surface area contributed by atoms with Gasteiger partial charge in [-0.3, -0.25) is 4.90 Å². The van der Waals surface area contributed by atoms with Gasteiger partial charge in [-0.05, 0) is 31.6 Å². The molecule has 0 spiro atoms. The smallest absolute Gasteiger partial charge is 0.0925 e. The van der Waals surface area contributed by atoms with Gasteiger partial charge in [0.1, 0.15) is 0 Å². The summed E-state index contributed by atoms with van der Waals surface area (Å²) in [5.74, 6) is 1.01. The van der Waals surface area contributed by atoms with E-state index in [2.05, 4.69) is 20.2 Å². The molecule has 3 aliphatic rings. The average molecular weight is 246 g/mol. The van der Waals surface area contributed by atoms with Crippen molar-refractivity contribution in [2.45, 2.75) is 50.7 Å². The van der Waals surface area contributed by atoms with Crippen molar-refractivity contribution in [3.05, 3.63) is 17.7 Å². The summed E-state index contributed by atoms with van der Waals surface area (Å²) in [4.78, 5) is 10.4. The molecule has 0 saturated heterocycles. The zero-order valence-electron chi connectivity index (χ0n) is 10.9. The van der Waals surface area contributed by atoms with Crippen LogP contribution in [-0.2, 0) is 13.0 Å². The molecule has 0 radical (unpaired) electrons. The number of fused-ring (bicyclic) bond motifs is 1. The Morgan fingerprint density at radius 2 is 2.11 bits per heavy atom. The van der Waals surface area contributed by atoms with Gasteiger partial charge in [0, 0.05) is 38.1 Å². The summed E-state index contributed by atoms with van der Waals surface area (Å²) in [7, 11) is 0. The van der Waals surface area contributed by atoms with Crippen molar-refractivity contribution in [3.63, 3.8) is 0 Å². The summed E-state index contributed by atoms with van der Waals surface area (Å²) in [5.41, 5.74) is 2.56. The molecule has 0 amide bonds. The molecule has 0 bridgehead atoms. The lowest BCUT2D eigenvalue weighted by molar-refractivity contribution is 0.217. The van der Waals surface area contributed by atoms with Crippen LogP contribution in [-0.4, -0.2) is 40.0 Å². The third kappa shape index (κ3) is 2.31. The molecule has 2 aliphatic carbocycles. The molecule has 4 heteroatoms. The molecular weight excluding hydrogens is 224 g/mol. The van der Waals surface area contributed by atoms with E-state index in [1.54, 1.807) is 0 Å². The van der Waals surface area contributed by atoms with Gasteiger partial charge in [-0.15, -0.1) is 0 Å². The minimum Gasteiger partial charge on any atom is -0.347 e. The van der Waals surface area contributed by atoms with Crippen molar-refractivity contribution in [1.29, 1.82) is 0 Å². The molecule has 1 atom stereocenters. The molecule has 1 aromatic heterocycles. The highest BCUT2D eigenvalue weighted by Crippen LogP contribution is 2.35. The number of rotatable bonds is 5. The van der Waals surface area contributed by atoms with Crippen molar-refractivity contribution >= 4 is 0 Å². The first kappa shape index (κ1) is 11.0. The van der Waals surface area contributed by atoms with Crippen molar-refractivity contribution in [2.75, 3.05) is 13.1 Å². The number of hydrogen-bond acceptors (Lipinski definition) is 3. The number of hydrogen-bond donors (Lipinski definition) is 2. The fraction of sp³-hybridized carbons (Fsp3) is 0.786. The van der Waals surface area contributed by atoms with E-state index in [4.69, 9.17) is 0 Å². The Hall–Kier alpha value is -0.870. The third-order valence-electron chi connectivity index (χ3n) is 4.52. The van der Waals surface area contributed by atoms with Crippen LogP contribution in [0.5, 0.6) is 0 Å². The van der Waals surface area contributed by atoms with E-state index in [1.165, 1.54) is 50.2 Å². The van der Waals surface area contributed by atoms with Crippen LogP contribution in [0.25, 0.3) is 0 Å². The highest BCUT2D eigenvalue weighted by molar-refractivity contribution is 5.16. The third-order valence-corrected chi connectivity index (χ3v) is 4.52. The molecule has 4 nitrogen and oxygen atoms in total. The van der Waals surface area contributed by atoms with E-state index in [1.807, 2.05) is 6.33 Å². The highest BCUT2D eigenvalue weighted by atomic mass is 15.2. The Morgan fingerprint density at radius 1 is 1.22 bits per heavy atom. The normalized spacial score (nSPS) is 27.5. The Morgan fingerprint density at radius 3 is 2.89 bits per heavy atom. The van der Waals surface area contributed by atoms with Crippen LogP contribution in [0.2, 0.25) is 0 Å². The minimum atomic E-state index is 0.597. The monoisotopic (exact) mass is 246 g/mol. The first-order chi connectivity index (χ1) is 8.88. The summed E-state index contributed by atoms with van der Waals surface area (Å²) >= 11 is 0. The molecule has 1 aromatic rings. The van der Waals surface area contributed by atoms with Gasteiger partial charge in [0.25, 0.3) is 0 Å². The molecule has 98 valence electrons.